The molecule has 2 aromatic rings. The molecule has 0 aromatic heterocycles. The van der Waals surface area contributed by atoms with Gasteiger partial charge in [0.2, 0.25) is 0 Å². The molecule has 1 atom stereocenters. The van der Waals surface area contributed by atoms with Crippen LogP contribution in [0.2, 0.25) is 0 Å². The predicted molar refractivity (Wildman–Crippen MR) is 123 cm³/mol. The highest BCUT2D eigenvalue weighted by molar-refractivity contribution is 7.84. The minimum absolute atomic E-state index is 0.0224. The molecule has 0 N–H and O–H groups in total. The molecule has 1 fully saturated rings. The summed E-state index contributed by atoms with van der Waals surface area (Å²) in [6.07, 6.45) is 3.41. The van der Waals surface area contributed by atoms with E-state index in [4.69, 9.17) is 9.47 Å². The number of piperidine rings is 1. The van der Waals surface area contributed by atoms with Gasteiger partial charge in [-0.15, -0.1) is 0 Å². The maximum atomic E-state index is 14.8. The Morgan fingerprint density at radius 1 is 1.12 bits per heavy atom. The van der Waals surface area contributed by atoms with Crippen molar-refractivity contribution in [2.45, 2.75) is 50.2 Å². The second-order valence-electron chi connectivity index (χ2n) is 8.46. The van der Waals surface area contributed by atoms with E-state index in [1.807, 2.05) is 36.9 Å². The number of fused-ring (bicyclic) bond motifs is 1. The van der Waals surface area contributed by atoms with Gasteiger partial charge in [-0.1, -0.05) is 6.07 Å². The first-order chi connectivity index (χ1) is 15.3. The van der Waals surface area contributed by atoms with E-state index in [9.17, 15) is 13.4 Å². The summed E-state index contributed by atoms with van der Waals surface area (Å²) in [5.74, 6) is 0.442. The molecule has 0 aliphatic carbocycles. The Morgan fingerprint density at radius 3 is 2.53 bits per heavy atom. The number of amides is 1. The Morgan fingerprint density at radius 2 is 1.88 bits per heavy atom. The first-order valence-electron chi connectivity index (χ1n) is 11.0. The highest BCUT2D eigenvalue weighted by Gasteiger charge is 2.29. The largest absolute Gasteiger partial charge is 0.490 e. The maximum Gasteiger partial charge on any atom is 0.410 e. The van der Waals surface area contributed by atoms with Gasteiger partial charge in [-0.05, 0) is 50.6 Å². The third-order valence-electron chi connectivity index (χ3n) is 5.86. The number of carbonyl (C=O) groups excluding carboxylic acids is 1. The topological polar surface area (TPSA) is 59.1 Å². The zero-order valence-electron chi connectivity index (χ0n) is 18.7. The molecule has 1 amide bonds. The monoisotopic (exact) mass is 460 g/mol. The van der Waals surface area contributed by atoms with E-state index in [1.54, 1.807) is 23.3 Å². The number of hydrogen-bond donors (Lipinski definition) is 0. The van der Waals surface area contributed by atoms with Crippen molar-refractivity contribution in [2.75, 3.05) is 30.8 Å². The van der Waals surface area contributed by atoms with Gasteiger partial charge in [-0.25, -0.2) is 9.18 Å². The van der Waals surface area contributed by atoms with Crippen LogP contribution in [0.4, 0.5) is 20.6 Å². The van der Waals surface area contributed by atoms with Gasteiger partial charge >= 0.3 is 6.09 Å². The number of likely N-dealkylation sites (tertiary alicyclic amines) is 1. The first kappa shape index (κ1) is 22.6. The van der Waals surface area contributed by atoms with Crippen molar-refractivity contribution in [1.82, 2.24) is 4.90 Å². The molecule has 0 bridgehead atoms. The van der Waals surface area contributed by atoms with Crippen molar-refractivity contribution in [2.24, 2.45) is 0 Å². The molecule has 172 valence electrons. The Labute approximate surface area is 190 Å². The summed E-state index contributed by atoms with van der Waals surface area (Å²) >= 11 is 0. The summed E-state index contributed by atoms with van der Waals surface area (Å²) in [5.41, 5.74) is 2.48. The number of carbonyl (C=O) groups is 1. The van der Waals surface area contributed by atoms with E-state index in [-0.39, 0.29) is 24.1 Å². The Hall–Kier alpha value is -2.61. The van der Waals surface area contributed by atoms with Gasteiger partial charge in [0, 0.05) is 65.7 Å². The van der Waals surface area contributed by atoms with Crippen LogP contribution in [0.1, 0.15) is 32.3 Å². The van der Waals surface area contributed by atoms with E-state index in [0.29, 0.717) is 30.2 Å². The summed E-state index contributed by atoms with van der Waals surface area (Å²) in [4.78, 5) is 16.2. The fourth-order valence-corrected chi connectivity index (χ4v) is 4.79. The van der Waals surface area contributed by atoms with Crippen molar-refractivity contribution >= 4 is 28.3 Å². The third kappa shape index (κ3) is 4.75. The summed E-state index contributed by atoms with van der Waals surface area (Å²) < 4.78 is 38.0. The quantitative estimate of drug-likeness (QED) is 0.650. The lowest BCUT2D eigenvalue weighted by Gasteiger charge is -2.32. The SMILES string of the molecule is CC(C)OC(=O)N1CCC(Oc2cccc3c2CCN3c2ccc(S(C)=O)cc2F)CC1. The van der Waals surface area contributed by atoms with E-state index >= 15 is 0 Å². The smallest absolute Gasteiger partial charge is 0.410 e. The minimum atomic E-state index is -1.22. The predicted octanol–water partition coefficient (Wildman–Crippen LogP) is 4.65. The second kappa shape index (κ2) is 9.48. The molecule has 2 heterocycles. The average Bonchev–Trinajstić information content (AvgIpc) is 3.18. The Kier molecular flexibility index (Phi) is 6.69. The molecule has 0 spiro atoms. The van der Waals surface area contributed by atoms with Crippen molar-refractivity contribution in [3.63, 3.8) is 0 Å². The van der Waals surface area contributed by atoms with E-state index in [0.717, 1.165) is 36.3 Å². The molecule has 4 rings (SSSR count). The number of hydrogen-bond acceptors (Lipinski definition) is 5. The van der Waals surface area contributed by atoms with Crippen LogP contribution in [0.25, 0.3) is 0 Å². The van der Waals surface area contributed by atoms with Crippen LogP contribution in [0.15, 0.2) is 41.3 Å². The summed E-state index contributed by atoms with van der Waals surface area (Å²) in [5, 5.41) is 0. The second-order valence-corrected chi connectivity index (χ2v) is 9.84. The molecule has 2 aliphatic heterocycles. The maximum absolute atomic E-state index is 14.8. The molecule has 32 heavy (non-hydrogen) atoms. The van der Waals surface area contributed by atoms with Gasteiger partial charge in [0.1, 0.15) is 17.7 Å². The number of rotatable bonds is 5. The van der Waals surface area contributed by atoms with Crippen LogP contribution in [0.3, 0.4) is 0 Å². The molecule has 8 heteroatoms. The Balaban J connectivity index is 1.45. The van der Waals surface area contributed by atoms with E-state index in [2.05, 4.69) is 0 Å². The molecular weight excluding hydrogens is 431 g/mol. The molecule has 2 aliphatic rings. The lowest BCUT2D eigenvalue weighted by Crippen LogP contribution is -2.42. The van der Waals surface area contributed by atoms with Crippen LogP contribution in [0, 0.1) is 5.82 Å². The zero-order chi connectivity index (χ0) is 22.8. The fourth-order valence-electron chi connectivity index (χ4n) is 4.26. The highest BCUT2D eigenvalue weighted by Crippen LogP contribution is 2.41. The van der Waals surface area contributed by atoms with E-state index in [1.165, 1.54) is 6.07 Å². The molecule has 0 saturated carbocycles. The summed E-state index contributed by atoms with van der Waals surface area (Å²) in [7, 11) is -1.22. The number of anilines is 2. The standard InChI is InChI=1S/C24H29FN2O4S/c1-16(2)30-24(28)26-12-9-17(10-13-26)31-23-6-4-5-21-19(23)11-14-27(21)22-8-7-18(32(3)29)15-20(22)25/h4-8,15-17H,9-14H2,1-3H3. The number of ether oxygens (including phenoxy) is 2. The summed E-state index contributed by atoms with van der Waals surface area (Å²) in [6.45, 7) is 5.55. The molecule has 2 aromatic carbocycles. The third-order valence-corrected chi connectivity index (χ3v) is 6.77. The van der Waals surface area contributed by atoms with Crippen molar-refractivity contribution in [1.29, 1.82) is 0 Å². The van der Waals surface area contributed by atoms with Crippen LogP contribution >= 0.6 is 0 Å². The molecule has 6 nitrogen and oxygen atoms in total. The fraction of sp³-hybridized carbons (Fsp3) is 0.458. The zero-order valence-corrected chi connectivity index (χ0v) is 19.5. The average molecular weight is 461 g/mol. The molecular formula is C24H29FN2O4S. The van der Waals surface area contributed by atoms with Crippen LogP contribution in [-0.2, 0) is 22.0 Å². The normalized spacial score (nSPS) is 17.4. The molecule has 0 radical (unpaired) electrons. The van der Waals surface area contributed by atoms with Crippen molar-refractivity contribution in [3.05, 3.63) is 47.8 Å². The number of halogens is 1. The van der Waals surface area contributed by atoms with Crippen LogP contribution in [0.5, 0.6) is 5.75 Å². The van der Waals surface area contributed by atoms with E-state index < -0.39 is 10.8 Å². The van der Waals surface area contributed by atoms with Gasteiger partial charge < -0.3 is 19.3 Å². The molecule has 1 unspecified atom stereocenters. The van der Waals surface area contributed by atoms with Gasteiger partial charge in [0.15, 0.2) is 0 Å². The van der Waals surface area contributed by atoms with Gasteiger partial charge in [0.25, 0.3) is 0 Å². The number of benzene rings is 2. The van der Waals surface area contributed by atoms with Crippen molar-refractivity contribution in [3.8, 4) is 5.75 Å². The summed E-state index contributed by atoms with van der Waals surface area (Å²) in [6, 6.07) is 10.6. The lowest BCUT2D eigenvalue weighted by molar-refractivity contribution is 0.0515. The highest BCUT2D eigenvalue weighted by atomic mass is 32.2. The van der Waals surface area contributed by atoms with Crippen LogP contribution < -0.4 is 9.64 Å². The van der Waals surface area contributed by atoms with Crippen LogP contribution in [-0.4, -0.2) is 53.3 Å². The van der Waals surface area contributed by atoms with Crippen molar-refractivity contribution < 1.29 is 22.9 Å². The van der Waals surface area contributed by atoms with Gasteiger partial charge in [0.05, 0.1) is 11.8 Å². The molecule has 1 saturated heterocycles. The first-order valence-corrected chi connectivity index (χ1v) is 12.5. The van der Waals surface area contributed by atoms with Gasteiger partial charge in [-0.2, -0.15) is 0 Å². The van der Waals surface area contributed by atoms with Gasteiger partial charge in [-0.3, -0.25) is 4.21 Å². The number of nitrogens with zero attached hydrogens (tertiary/aromatic N) is 2. The Bertz CT molecular complexity index is 1020. The lowest BCUT2D eigenvalue weighted by atomic mass is 10.1. The minimum Gasteiger partial charge on any atom is -0.490 e.